The fourth-order valence-electron chi connectivity index (χ4n) is 0.985. The van der Waals surface area contributed by atoms with Crippen molar-refractivity contribution in [2.75, 3.05) is 0 Å². The highest BCUT2D eigenvalue weighted by atomic mass is 32.1. The zero-order valence-electron chi connectivity index (χ0n) is 6.78. The summed E-state index contributed by atoms with van der Waals surface area (Å²) < 4.78 is 0. The molecule has 0 fully saturated rings. The number of aryl methyl sites for hydroxylation is 1. The molecule has 0 aromatic carbocycles. The van der Waals surface area contributed by atoms with Gasteiger partial charge in [-0.15, -0.1) is 22.7 Å². The lowest BCUT2D eigenvalue weighted by atomic mass is 10.4. The van der Waals surface area contributed by atoms with Crippen molar-refractivity contribution in [1.29, 1.82) is 0 Å². The van der Waals surface area contributed by atoms with Crippen molar-refractivity contribution in [1.82, 2.24) is 4.98 Å². The SMILES string of the molecule is CCc1cnc(-c2cccs2)s1. The van der Waals surface area contributed by atoms with Gasteiger partial charge in [0.2, 0.25) is 0 Å². The van der Waals surface area contributed by atoms with Gasteiger partial charge in [-0.3, -0.25) is 0 Å². The van der Waals surface area contributed by atoms with Gasteiger partial charge in [-0.2, -0.15) is 0 Å². The number of hydrogen-bond acceptors (Lipinski definition) is 3. The largest absolute Gasteiger partial charge is 0.243 e. The van der Waals surface area contributed by atoms with E-state index in [4.69, 9.17) is 0 Å². The molecule has 1 nitrogen and oxygen atoms in total. The number of thiophene rings is 1. The molecule has 62 valence electrons. The second-order valence-electron chi connectivity index (χ2n) is 2.46. The lowest BCUT2D eigenvalue weighted by Crippen LogP contribution is -1.65. The van der Waals surface area contributed by atoms with Crippen molar-refractivity contribution in [3.8, 4) is 9.88 Å². The van der Waals surface area contributed by atoms with E-state index in [1.54, 1.807) is 22.7 Å². The second-order valence-corrected chi connectivity index (χ2v) is 4.53. The average Bonchev–Trinajstić information content (AvgIpc) is 2.75. The fourth-order valence-corrected chi connectivity index (χ4v) is 2.64. The van der Waals surface area contributed by atoms with Gasteiger partial charge in [0.05, 0.1) is 4.88 Å². The van der Waals surface area contributed by atoms with Crippen LogP contribution in [0.3, 0.4) is 0 Å². The maximum Gasteiger partial charge on any atom is 0.133 e. The maximum atomic E-state index is 4.36. The highest BCUT2D eigenvalue weighted by Crippen LogP contribution is 2.28. The van der Waals surface area contributed by atoms with E-state index in [9.17, 15) is 0 Å². The van der Waals surface area contributed by atoms with Crippen LogP contribution in [0.4, 0.5) is 0 Å². The minimum absolute atomic E-state index is 1.09. The summed E-state index contributed by atoms with van der Waals surface area (Å²) in [6, 6.07) is 4.18. The molecule has 0 amide bonds. The molecular weight excluding hydrogens is 186 g/mol. The van der Waals surface area contributed by atoms with E-state index >= 15 is 0 Å². The third-order valence-corrected chi connectivity index (χ3v) is 3.81. The summed E-state index contributed by atoms with van der Waals surface area (Å²) in [6.07, 6.45) is 3.06. The van der Waals surface area contributed by atoms with Gasteiger partial charge >= 0.3 is 0 Å². The molecule has 0 aliphatic rings. The number of aromatic nitrogens is 1. The van der Waals surface area contributed by atoms with Crippen molar-refractivity contribution < 1.29 is 0 Å². The predicted octanol–water partition coefficient (Wildman–Crippen LogP) is 3.43. The monoisotopic (exact) mass is 195 g/mol. The lowest BCUT2D eigenvalue weighted by Gasteiger charge is -1.85. The van der Waals surface area contributed by atoms with Crippen LogP contribution in [0.2, 0.25) is 0 Å². The van der Waals surface area contributed by atoms with Crippen LogP contribution >= 0.6 is 22.7 Å². The minimum atomic E-state index is 1.09. The topological polar surface area (TPSA) is 12.9 Å². The highest BCUT2D eigenvalue weighted by Gasteiger charge is 2.03. The Morgan fingerprint density at radius 1 is 1.50 bits per heavy atom. The molecule has 2 aromatic heterocycles. The zero-order chi connectivity index (χ0) is 8.39. The molecular formula is C9H9NS2. The standard InChI is InChI=1S/C9H9NS2/c1-2-7-6-10-9(12-7)8-4-3-5-11-8/h3-6H,2H2,1H3. The molecule has 0 unspecified atom stereocenters. The Balaban J connectivity index is 2.35. The molecule has 3 heteroatoms. The van der Waals surface area contributed by atoms with Crippen LogP contribution in [0, 0.1) is 0 Å². The average molecular weight is 195 g/mol. The van der Waals surface area contributed by atoms with Gasteiger partial charge in [-0.05, 0) is 17.9 Å². The van der Waals surface area contributed by atoms with E-state index in [1.807, 2.05) is 6.20 Å². The van der Waals surface area contributed by atoms with Crippen LogP contribution in [0.15, 0.2) is 23.7 Å². The predicted molar refractivity (Wildman–Crippen MR) is 54.8 cm³/mol. The van der Waals surface area contributed by atoms with Gasteiger partial charge in [-0.25, -0.2) is 4.98 Å². The van der Waals surface area contributed by atoms with Gasteiger partial charge in [0.15, 0.2) is 0 Å². The Morgan fingerprint density at radius 3 is 3.00 bits per heavy atom. The van der Waals surface area contributed by atoms with Gasteiger partial charge < -0.3 is 0 Å². The van der Waals surface area contributed by atoms with Crippen molar-refractivity contribution >= 4 is 22.7 Å². The van der Waals surface area contributed by atoms with Crippen LogP contribution in [-0.4, -0.2) is 4.98 Å². The maximum absolute atomic E-state index is 4.36. The summed E-state index contributed by atoms with van der Waals surface area (Å²) in [6.45, 7) is 2.16. The molecule has 0 bridgehead atoms. The smallest absolute Gasteiger partial charge is 0.133 e. The van der Waals surface area contributed by atoms with Crippen molar-refractivity contribution in [3.63, 3.8) is 0 Å². The number of hydrogen-bond donors (Lipinski definition) is 0. The van der Waals surface area contributed by atoms with E-state index in [0.29, 0.717) is 0 Å². The molecule has 0 aliphatic heterocycles. The molecule has 0 N–H and O–H groups in total. The summed E-state index contributed by atoms with van der Waals surface area (Å²) >= 11 is 3.54. The van der Waals surface area contributed by atoms with Crippen molar-refractivity contribution in [2.24, 2.45) is 0 Å². The molecule has 0 spiro atoms. The van der Waals surface area contributed by atoms with Crippen LogP contribution in [-0.2, 0) is 6.42 Å². The minimum Gasteiger partial charge on any atom is -0.243 e. The second kappa shape index (κ2) is 3.37. The van der Waals surface area contributed by atoms with Crippen LogP contribution in [0.25, 0.3) is 9.88 Å². The van der Waals surface area contributed by atoms with E-state index in [1.165, 1.54) is 9.75 Å². The molecule has 2 aromatic rings. The Labute approximate surface area is 79.7 Å². The quantitative estimate of drug-likeness (QED) is 0.715. The van der Waals surface area contributed by atoms with Crippen LogP contribution in [0.5, 0.6) is 0 Å². The fraction of sp³-hybridized carbons (Fsp3) is 0.222. The summed E-state index contributed by atoms with van der Waals surface area (Å²) in [5.74, 6) is 0. The van der Waals surface area contributed by atoms with Crippen LogP contribution in [0.1, 0.15) is 11.8 Å². The lowest BCUT2D eigenvalue weighted by molar-refractivity contribution is 1.17. The Hall–Kier alpha value is -0.670. The first-order valence-corrected chi connectivity index (χ1v) is 5.58. The summed E-state index contributed by atoms with van der Waals surface area (Å²) in [5, 5.41) is 3.24. The van der Waals surface area contributed by atoms with E-state index in [-0.39, 0.29) is 0 Å². The third kappa shape index (κ3) is 1.42. The molecule has 0 radical (unpaired) electrons. The van der Waals surface area contributed by atoms with E-state index in [0.717, 1.165) is 11.4 Å². The normalized spacial score (nSPS) is 10.4. The van der Waals surface area contributed by atoms with Crippen molar-refractivity contribution in [2.45, 2.75) is 13.3 Å². The Morgan fingerprint density at radius 2 is 2.42 bits per heavy atom. The Bertz CT molecular complexity index is 348. The van der Waals surface area contributed by atoms with Gasteiger partial charge in [0.1, 0.15) is 5.01 Å². The summed E-state index contributed by atoms with van der Waals surface area (Å²) in [4.78, 5) is 7.00. The number of thiazole rings is 1. The summed E-state index contributed by atoms with van der Waals surface area (Å²) in [5.41, 5.74) is 0. The van der Waals surface area contributed by atoms with E-state index < -0.39 is 0 Å². The third-order valence-electron chi connectivity index (χ3n) is 1.63. The van der Waals surface area contributed by atoms with Gasteiger partial charge in [0, 0.05) is 11.1 Å². The number of nitrogens with zero attached hydrogens (tertiary/aromatic N) is 1. The molecule has 2 rings (SSSR count). The molecule has 12 heavy (non-hydrogen) atoms. The number of rotatable bonds is 2. The first-order valence-electron chi connectivity index (χ1n) is 3.88. The Kier molecular flexibility index (Phi) is 2.23. The first-order chi connectivity index (χ1) is 5.90. The molecule has 0 atom stereocenters. The van der Waals surface area contributed by atoms with E-state index in [2.05, 4.69) is 29.4 Å². The van der Waals surface area contributed by atoms with Crippen LogP contribution < -0.4 is 0 Å². The molecule has 2 heterocycles. The molecule has 0 saturated heterocycles. The zero-order valence-corrected chi connectivity index (χ0v) is 8.41. The molecule has 0 aliphatic carbocycles. The first kappa shape index (κ1) is 7.95. The van der Waals surface area contributed by atoms with Crippen molar-refractivity contribution in [3.05, 3.63) is 28.6 Å². The van der Waals surface area contributed by atoms with Gasteiger partial charge in [-0.1, -0.05) is 13.0 Å². The highest BCUT2D eigenvalue weighted by molar-refractivity contribution is 7.20. The van der Waals surface area contributed by atoms with Gasteiger partial charge in [0.25, 0.3) is 0 Å². The summed E-state index contributed by atoms with van der Waals surface area (Å²) in [7, 11) is 0. The molecule has 0 saturated carbocycles.